The fraction of sp³-hybridized carbons (Fsp3) is 0.0769. The Morgan fingerprint density at radius 1 is 0.400 bits per heavy atom. The van der Waals surface area contributed by atoms with Gasteiger partial charge in [0.05, 0.1) is 0 Å². The zero-order valence-electron chi connectivity index (χ0n) is 22.4. The minimum atomic E-state index is 1.03. The number of hydrogen-bond donors (Lipinski definition) is 0. The van der Waals surface area contributed by atoms with Crippen molar-refractivity contribution in [2.75, 3.05) is 0 Å². The van der Waals surface area contributed by atoms with Crippen LogP contribution in [0.1, 0.15) is 22.3 Å². The SMILES string of the molecule is Cn1c2cc(-c3ccc4c(c3)-c3ccccc3C4)ccc2c2ccc(-c3ccc4c(c3)-c3ccccc3C4)cc21. The summed E-state index contributed by atoms with van der Waals surface area (Å²) in [4.78, 5) is 0. The number of hydrogen-bond acceptors (Lipinski definition) is 0. The van der Waals surface area contributed by atoms with Gasteiger partial charge in [-0.15, -0.1) is 0 Å². The van der Waals surface area contributed by atoms with Crippen molar-refractivity contribution in [3.05, 3.63) is 144 Å². The van der Waals surface area contributed by atoms with Gasteiger partial charge in [0.2, 0.25) is 0 Å². The molecule has 2 aliphatic carbocycles. The Morgan fingerprint density at radius 2 is 0.800 bits per heavy atom. The van der Waals surface area contributed by atoms with Crippen molar-refractivity contribution in [2.45, 2.75) is 12.8 Å². The second-order valence-electron chi connectivity index (χ2n) is 11.4. The molecular weight excluding hydrogens is 482 g/mol. The van der Waals surface area contributed by atoms with Crippen LogP contribution in [-0.2, 0) is 19.9 Å². The summed E-state index contributed by atoms with van der Waals surface area (Å²) in [5.74, 6) is 0. The number of benzene rings is 6. The Kier molecular flexibility index (Phi) is 4.43. The smallest absolute Gasteiger partial charge is 0.0494 e. The molecule has 0 atom stereocenters. The minimum Gasteiger partial charge on any atom is -0.344 e. The van der Waals surface area contributed by atoms with E-state index < -0.39 is 0 Å². The lowest BCUT2D eigenvalue weighted by molar-refractivity contribution is 1.01. The lowest BCUT2D eigenvalue weighted by atomic mass is 9.97. The molecule has 9 rings (SSSR count). The predicted octanol–water partition coefficient (Wildman–Crippen LogP) is 9.81. The molecule has 0 amide bonds. The maximum absolute atomic E-state index is 2.38. The normalized spacial score (nSPS) is 12.9. The maximum atomic E-state index is 2.38. The summed E-state index contributed by atoms with van der Waals surface area (Å²) >= 11 is 0. The highest BCUT2D eigenvalue weighted by molar-refractivity contribution is 6.10. The average molecular weight is 510 g/mol. The van der Waals surface area contributed by atoms with E-state index in [0.717, 1.165) is 12.8 Å². The Balaban J connectivity index is 1.14. The number of rotatable bonds is 2. The largest absolute Gasteiger partial charge is 0.344 e. The van der Waals surface area contributed by atoms with Crippen molar-refractivity contribution < 1.29 is 0 Å². The van der Waals surface area contributed by atoms with E-state index in [1.54, 1.807) is 0 Å². The molecular formula is C39H27N. The quantitative estimate of drug-likeness (QED) is 0.219. The molecule has 0 fully saturated rings. The van der Waals surface area contributed by atoms with Crippen LogP contribution in [0.4, 0.5) is 0 Å². The molecule has 1 nitrogen and oxygen atoms in total. The van der Waals surface area contributed by atoms with Crippen molar-refractivity contribution in [3.8, 4) is 44.5 Å². The topological polar surface area (TPSA) is 4.93 Å². The Bertz CT molecular complexity index is 2020. The molecule has 6 aromatic carbocycles. The molecule has 0 saturated heterocycles. The lowest BCUT2D eigenvalue weighted by Crippen LogP contribution is -1.89. The molecule has 1 aromatic heterocycles. The number of aryl methyl sites for hydroxylation is 1. The van der Waals surface area contributed by atoms with Crippen LogP contribution in [0, 0.1) is 0 Å². The highest BCUT2D eigenvalue weighted by atomic mass is 14.9. The first kappa shape index (κ1) is 22.0. The lowest BCUT2D eigenvalue weighted by Gasteiger charge is -2.08. The molecule has 0 radical (unpaired) electrons. The molecule has 0 bridgehead atoms. The second-order valence-corrected chi connectivity index (χ2v) is 11.4. The molecule has 188 valence electrons. The Hall–Kier alpha value is -4.88. The molecule has 1 heteroatoms. The van der Waals surface area contributed by atoms with Gasteiger partial charge in [0.1, 0.15) is 0 Å². The van der Waals surface area contributed by atoms with Gasteiger partial charge in [-0.25, -0.2) is 0 Å². The minimum absolute atomic E-state index is 1.03. The first-order valence-electron chi connectivity index (χ1n) is 14.2. The monoisotopic (exact) mass is 509 g/mol. The van der Waals surface area contributed by atoms with Gasteiger partial charge in [-0.3, -0.25) is 0 Å². The van der Waals surface area contributed by atoms with Crippen LogP contribution in [0.3, 0.4) is 0 Å². The van der Waals surface area contributed by atoms with Crippen LogP contribution < -0.4 is 0 Å². The highest BCUT2D eigenvalue weighted by Gasteiger charge is 2.20. The molecule has 0 saturated carbocycles. The summed E-state index contributed by atoms with van der Waals surface area (Å²) in [7, 11) is 2.20. The molecule has 7 aromatic rings. The molecule has 40 heavy (non-hydrogen) atoms. The fourth-order valence-electron chi connectivity index (χ4n) is 7.17. The van der Waals surface area contributed by atoms with Crippen LogP contribution in [-0.4, -0.2) is 4.57 Å². The van der Waals surface area contributed by atoms with Gasteiger partial charge in [0, 0.05) is 28.9 Å². The van der Waals surface area contributed by atoms with Crippen LogP contribution in [0.25, 0.3) is 66.3 Å². The molecule has 0 aliphatic heterocycles. The third kappa shape index (κ3) is 3.09. The Morgan fingerprint density at radius 3 is 1.30 bits per heavy atom. The summed E-state index contributed by atoms with van der Waals surface area (Å²) in [6.45, 7) is 0. The molecule has 0 unspecified atom stereocenters. The third-order valence-corrected chi connectivity index (χ3v) is 9.27. The van der Waals surface area contributed by atoms with Crippen molar-refractivity contribution in [2.24, 2.45) is 7.05 Å². The van der Waals surface area contributed by atoms with E-state index in [2.05, 4.69) is 133 Å². The summed E-state index contributed by atoms with van der Waals surface area (Å²) in [5.41, 5.74) is 18.9. The van der Waals surface area contributed by atoms with Gasteiger partial charge >= 0.3 is 0 Å². The number of fused-ring (bicyclic) bond motifs is 9. The summed E-state index contributed by atoms with van der Waals surface area (Å²) in [6.07, 6.45) is 2.07. The zero-order chi connectivity index (χ0) is 26.4. The van der Waals surface area contributed by atoms with E-state index >= 15 is 0 Å². The van der Waals surface area contributed by atoms with E-state index in [0.29, 0.717) is 0 Å². The third-order valence-electron chi connectivity index (χ3n) is 9.27. The number of nitrogens with zero attached hydrogens (tertiary/aromatic N) is 1. The average Bonchev–Trinajstić information content (AvgIpc) is 3.66. The molecule has 1 heterocycles. The zero-order valence-corrected chi connectivity index (χ0v) is 22.4. The van der Waals surface area contributed by atoms with Crippen LogP contribution in [0.15, 0.2) is 121 Å². The second kappa shape index (κ2) is 8.07. The van der Waals surface area contributed by atoms with E-state index in [4.69, 9.17) is 0 Å². The van der Waals surface area contributed by atoms with E-state index in [9.17, 15) is 0 Å². The standard InChI is InChI=1S/C39H27N/c1-40-38-22-26(24-10-12-30-18-28-6-2-4-8-32(28)36(30)20-24)14-16-34(38)35-17-15-27(23-39(35)40)25-11-13-31-19-29-7-3-5-9-33(29)37(31)21-25/h2-17,20-23H,18-19H2,1H3. The van der Waals surface area contributed by atoms with Gasteiger partial charge in [-0.2, -0.15) is 0 Å². The van der Waals surface area contributed by atoms with Crippen molar-refractivity contribution in [1.82, 2.24) is 4.57 Å². The molecule has 0 spiro atoms. The van der Waals surface area contributed by atoms with Gasteiger partial charge in [-0.1, -0.05) is 97.1 Å². The van der Waals surface area contributed by atoms with Gasteiger partial charge in [0.15, 0.2) is 0 Å². The van der Waals surface area contributed by atoms with Crippen molar-refractivity contribution in [1.29, 1.82) is 0 Å². The van der Waals surface area contributed by atoms with Crippen LogP contribution in [0.2, 0.25) is 0 Å². The van der Waals surface area contributed by atoms with Gasteiger partial charge < -0.3 is 4.57 Å². The summed E-state index contributed by atoms with van der Waals surface area (Å²) < 4.78 is 2.36. The van der Waals surface area contributed by atoms with Gasteiger partial charge in [0.25, 0.3) is 0 Å². The van der Waals surface area contributed by atoms with Crippen molar-refractivity contribution >= 4 is 21.8 Å². The van der Waals surface area contributed by atoms with E-state index in [-0.39, 0.29) is 0 Å². The molecule has 0 N–H and O–H groups in total. The van der Waals surface area contributed by atoms with E-state index in [1.165, 1.54) is 88.6 Å². The highest BCUT2D eigenvalue weighted by Crippen LogP contribution is 2.41. The van der Waals surface area contributed by atoms with Crippen molar-refractivity contribution in [3.63, 3.8) is 0 Å². The molecule has 2 aliphatic rings. The summed E-state index contributed by atoms with van der Waals surface area (Å²) in [6, 6.07) is 45.5. The van der Waals surface area contributed by atoms with Crippen LogP contribution >= 0.6 is 0 Å². The summed E-state index contributed by atoms with van der Waals surface area (Å²) in [5, 5.41) is 2.62. The van der Waals surface area contributed by atoms with E-state index in [1.807, 2.05) is 0 Å². The maximum Gasteiger partial charge on any atom is 0.0494 e. The first-order valence-corrected chi connectivity index (χ1v) is 14.2. The fourth-order valence-corrected chi connectivity index (χ4v) is 7.17. The predicted molar refractivity (Wildman–Crippen MR) is 168 cm³/mol. The number of aromatic nitrogens is 1. The van der Waals surface area contributed by atoms with Crippen LogP contribution in [0.5, 0.6) is 0 Å². The first-order chi connectivity index (χ1) is 19.7. The Labute approximate surface area is 234 Å². The van der Waals surface area contributed by atoms with Gasteiger partial charge in [-0.05, 0) is 104 Å².